The lowest BCUT2D eigenvalue weighted by atomic mass is 9.84. The van der Waals surface area contributed by atoms with Gasteiger partial charge in [-0.05, 0) is 25.5 Å². The van der Waals surface area contributed by atoms with Gasteiger partial charge in [0.1, 0.15) is 11.8 Å². The van der Waals surface area contributed by atoms with Crippen LogP contribution in [0.1, 0.15) is 25.7 Å². The molecule has 0 amide bonds. The molecule has 0 radical (unpaired) electrons. The van der Waals surface area contributed by atoms with Crippen LogP contribution in [0.2, 0.25) is 0 Å². The van der Waals surface area contributed by atoms with E-state index in [0.717, 1.165) is 48.4 Å². The van der Waals surface area contributed by atoms with Crippen LogP contribution in [-0.4, -0.2) is 23.2 Å². The fraction of sp³-hybridized carbons (Fsp3) is 0.375. The summed E-state index contributed by atoms with van der Waals surface area (Å²) in [6.07, 6.45) is 3.73. The van der Waals surface area contributed by atoms with E-state index in [2.05, 4.69) is 22.4 Å². The number of nitrogens with one attached hydrogen (secondary N) is 1. The summed E-state index contributed by atoms with van der Waals surface area (Å²) in [6, 6.07) is 7.88. The molecular formula is C16H17N3O2. The van der Waals surface area contributed by atoms with Crippen LogP contribution < -0.4 is 5.32 Å². The van der Waals surface area contributed by atoms with Gasteiger partial charge in [-0.1, -0.05) is 30.3 Å². The molecule has 3 heterocycles. The van der Waals surface area contributed by atoms with Gasteiger partial charge >= 0.3 is 0 Å². The van der Waals surface area contributed by atoms with E-state index in [1.54, 1.807) is 6.26 Å². The zero-order valence-electron chi connectivity index (χ0n) is 11.9. The average Bonchev–Trinajstić information content (AvgIpc) is 3.25. The third-order valence-corrected chi connectivity index (χ3v) is 4.52. The highest BCUT2D eigenvalue weighted by atomic mass is 16.5. The minimum Gasteiger partial charge on any atom is -0.464 e. The van der Waals surface area contributed by atoms with Crippen molar-refractivity contribution in [3.8, 4) is 11.4 Å². The minimum absolute atomic E-state index is 0.0230. The van der Waals surface area contributed by atoms with Crippen molar-refractivity contribution in [2.45, 2.75) is 25.2 Å². The van der Waals surface area contributed by atoms with Crippen molar-refractivity contribution in [1.29, 1.82) is 0 Å². The van der Waals surface area contributed by atoms with Crippen molar-refractivity contribution in [3.63, 3.8) is 0 Å². The van der Waals surface area contributed by atoms with Gasteiger partial charge in [-0.25, -0.2) is 0 Å². The quantitative estimate of drug-likeness (QED) is 0.800. The molecule has 0 spiro atoms. The molecule has 1 aromatic carbocycles. The van der Waals surface area contributed by atoms with Crippen LogP contribution >= 0.6 is 0 Å². The van der Waals surface area contributed by atoms with E-state index in [4.69, 9.17) is 8.94 Å². The zero-order chi connectivity index (χ0) is 14.3. The van der Waals surface area contributed by atoms with Crippen molar-refractivity contribution >= 4 is 11.0 Å². The summed E-state index contributed by atoms with van der Waals surface area (Å²) in [5, 5.41) is 8.58. The van der Waals surface area contributed by atoms with Gasteiger partial charge in [-0.3, -0.25) is 0 Å². The Morgan fingerprint density at radius 1 is 1.33 bits per heavy atom. The van der Waals surface area contributed by atoms with E-state index in [9.17, 15) is 0 Å². The van der Waals surface area contributed by atoms with Crippen molar-refractivity contribution in [2.75, 3.05) is 13.1 Å². The molecule has 1 N–H and O–H groups in total. The highest BCUT2D eigenvalue weighted by Gasteiger charge is 2.39. The van der Waals surface area contributed by atoms with Crippen LogP contribution in [0.25, 0.3) is 22.4 Å². The van der Waals surface area contributed by atoms with Crippen molar-refractivity contribution in [2.24, 2.45) is 0 Å². The van der Waals surface area contributed by atoms with E-state index in [0.29, 0.717) is 5.82 Å². The van der Waals surface area contributed by atoms with Gasteiger partial charge in [-0.2, -0.15) is 4.98 Å². The molecule has 2 aromatic heterocycles. The lowest BCUT2D eigenvalue weighted by molar-refractivity contribution is 0.285. The van der Waals surface area contributed by atoms with E-state index >= 15 is 0 Å². The molecular weight excluding hydrogens is 266 g/mol. The first-order valence-corrected chi connectivity index (χ1v) is 7.34. The molecule has 1 fully saturated rings. The summed E-state index contributed by atoms with van der Waals surface area (Å²) in [5.41, 5.74) is 1.70. The number of hydrogen-bond donors (Lipinski definition) is 1. The lowest BCUT2D eigenvalue weighted by Gasteiger charge is -2.20. The maximum Gasteiger partial charge on any atom is 0.234 e. The summed E-state index contributed by atoms with van der Waals surface area (Å²) in [7, 11) is 0. The summed E-state index contributed by atoms with van der Waals surface area (Å²) in [4.78, 5) is 4.65. The molecule has 1 unspecified atom stereocenters. The molecule has 21 heavy (non-hydrogen) atoms. The van der Waals surface area contributed by atoms with Crippen LogP contribution in [0.4, 0.5) is 0 Å². The number of benzene rings is 1. The van der Waals surface area contributed by atoms with E-state index in [-0.39, 0.29) is 5.41 Å². The van der Waals surface area contributed by atoms with Gasteiger partial charge in [0.2, 0.25) is 11.7 Å². The Kier molecular flexibility index (Phi) is 2.82. The van der Waals surface area contributed by atoms with E-state index in [1.165, 1.54) is 0 Å². The van der Waals surface area contributed by atoms with Crippen LogP contribution in [0, 0.1) is 0 Å². The predicted molar refractivity (Wildman–Crippen MR) is 79.0 cm³/mol. The normalized spacial score (nSPS) is 22.1. The number of rotatable bonds is 3. The maximum atomic E-state index is 5.57. The second kappa shape index (κ2) is 4.70. The molecule has 0 bridgehead atoms. The SMILES string of the molecule is CCC1(c2nc(-c3coc4ccccc34)no2)CCNC1. The summed E-state index contributed by atoms with van der Waals surface area (Å²) >= 11 is 0. The Bertz CT molecular complexity index is 769. The third kappa shape index (κ3) is 1.88. The molecule has 4 rings (SSSR count). The van der Waals surface area contributed by atoms with Crippen LogP contribution in [0.5, 0.6) is 0 Å². The monoisotopic (exact) mass is 283 g/mol. The molecule has 5 nitrogen and oxygen atoms in total. The fourth-order valence-electron chi connectivity index (χ4n) is 3.08. The Hall–Kier alpha value is -2.14. The minimum atomic E-state index is -0.0230. The van der Waals surface area contributed by atoms with Crippen molar-refractivity contribution < 1.29 is 8.94 Å². The standard InChI is InChI=1S/C16H17N3O2/c1-2-16(7-8-17-10-16)15-18-14(19-21-15)12-9-20-13-6-4-3-5-11(12)13/h3-6,9,17H,2,7-8,10H2,1H3. The molecule has 5 heteroatoms. The Balaban J connectivity index is 1.77. The van der Waals surface area contributed by atoms with Crippen LogP contribution in [0.3, 0.4) is 0 Å². The first kappa shape index (κ1) is 12.6. The van der Waals surface area contributed by atoms with Gasteiger partial charge in [0.15, 0.2) is 0 Å². The highest BCUT2D eigenvalue weighted by molar-refractivity contribution is 5.91. The number of hydrogen-bond acceptors (Lipinski definition) is 5. The van der Waals surface area contributed by atoms with Crippen LogP contribution in [-0.2, 0) is 5.41 Å². The number of aromatic nitrogens is 2. The van der Waals surface area contributed by atoms with Gasteiger partial charge in [0.25, 0.3) is 0 Å². The molecule has 1 atom stereocenters. The molecule has 3 aromatic rings. The number of fused-ring (bicyclic) bond motifs is 1. The van der Waals surface area contributed by atoms with Crippen LogP contribution in [0.15, 0.2) is 39.5 Å². The number of para-hydroxylation sites is 1. The lowest BCUT2D eigenvalue weighted by Crippen LogP contribution is -2.28. The number of furan rings is 1. The maximum absolute atomic E-state index is 5.57. The zero-order valence-corrected chi connectivity index (χ0v) is 11.9. The second-order valence-electron chi connectivity index (χ2n) is 5.63. The smallest absolute Gasteiger partial charge is 0.234 e. The molecule has 1 aliphatic heterocycles. The Morgan fingerprint density at radius 2 is 2.24 bits per heavy atom. The average molecular weight is 283 g/mol. The highest BCUT2D eigenvalue weighted by Crippen LogP contribution is 2.35. The Labute approximate surface area is 122 Å². The largest absolute Gasteiger partial charge is 0.464 e. The summed E-state index contributed by atoms with van der Waals surface area (Å²) < 4.78 is 11.1. The first-order chi connectivity index (χ1) is 10.3. The topological polar surface area (TPSA) is 64.1 Å². The molecule has 1 saturated heterocycles. The van der Waals surface area contributed by atoms with Gasteiger partial charge in [0.05, 0.1) is 11.0 Å². The van der Waals surface area contributed by atoms with E-state index in [1.807, 2.05) is 24.3 Å². The van der Waals surface area contributed by atoms with Crippen molar-refractivity contribution in [3.05, 3.63) is 36.4 Å². The molecule has 0 saturated carbocycles. The van der Waals surface area contributed by atoms with Gasteiger partial charge < -0.3 is 14.3 Å². The molecule has 1 aliphatic rings. The second-order valence-corrected chi connectivity index (χ2v) is 5.63. The van der Waals surface area contributed by atoms with E-state index < -0.39 is 0 Å². The van der Waals surface area contributed by atoms with Gasteiger partial charge in [0, 0.05) is 11.9 Å². The Morgan fingerprint density at radius 3 is 3.05 bits per heavy atom. The van der Waals surface area contributed by atoms with Crippen molar-refractivity contribution in [1.82, 2.24) is 15.5 Å². The summed E-state index contributed by atoms with van der Waals surface area (Å²) in [6.45, 7) is 4.07. The molecule has 0 aliphatic carbocycles. The number of nitrogens with zero attached hydrogens (tertiary/aromatic N) is 2. The predicted octanol–water partition coefficient (Wildman–Crippen LogP) is 3.12. The molecule has 108 valence electrons. The van der Waals surface area contributed by atoms with Gasteiger partial charge in [-0.15, -0.1) is 0 Å². The third-order valence-electron chi connectivity index (χ3n) is 4.52. The summed E-state index contributed by atoms with van der Waals surface area (Å²) in [5.74, 6) is 1.34. The fourth-order valence-corrected chi connectivity index (χ4v) is 3.08. The first-order valence-electron chi connectivity index (χ1n) is 7.34.